The van der Waals surface area contributed by atoms with E-state index >= 15 is 0 Å². The third-order valence-electron chi connectivity index (χ3n) is 9.03. The van der Waals surface area contributed by atoms with Crippen molar-refractivity contribution in [3.05, 3.63) is 101 Å². The highest BCUT2D eigenvalue weighted by Crippen LogP contribution is 2.27. The number of carbonyl (C=O) groups is 5. The average molecular weight is 964 g/mol. The normalized spacial score (nSPS) is 11.6. The molecule has 0 fully saturated rings. The molecule has 16 heteroatoms. The molecular weight excluding hydrogens is 895 g/mol. The summed E-state index contributed by atoms with van der Waals surface area (Å²) in [6.07, 6.45) is 4.50. The lowest BCUT2D eigenvalue weighted by Crippen LogP contribution is -2.25. The van der Waals surface area contributed by atoms with Crippen LogP contribution in [0.15, 0.2) is 83.9 Å². The van der Waals surface area contributed by atoms with Crippen molar-refractivity contribution in [2.24, 2.45) is 21.7 Å². The van der Waals surface area contributed by atoms with E-state index in [0.29, 0.717) is 40.4 Å². The molecule has 0 spiro atoms. The molecule has 1 heterocycles. The van der Waals surface area contributed by atoms with Gasteiger partial charge in [0.05, 0.1) is 38.6 Å². The van der Waals surface area contributed by atoms with Gasteiger partial charge >= 0.3 is 35.9 Å². The lowest BCUT2D eigenvalue weighted by atomic mass is 9.98. The van der Waals surface area contributed by atoms with Gasteiger partial charge in [-0.1, -0.05) is 121 Å². The summed E-state index contributed by atoms with van der Waals surface area (Å²) in [6, 6.07) is 19.8. The Kier molecular flexibility index (Phi) is 19.4. The highest BCUT2D eigenvalue weighted by molar-refractivity contribution is 6.18. The second kappa shape index (κ2) is 24.4. The van der Waals surface area contributed by atoms with Crippen LogP contribution in [-0.4, -0.2) is 77.8 Å². The Morgan fingerprint density at radius 3 is 1.17 bits per heavy atom. The molecule has 0 unspecified atom stereocenters. The molecule has 0 aliphatic rings. The topological polar surface area (TPSA) is 203 Å². The Labute approximate surface area is 412 Å². The van der Waals surface area contributed by atoms with Crippen LogP contribution in [0.1, 0.15) is 124 Å². The number of rotatable bonds is 20. The standard InChI is InChI=1S/C54H69N5O11/c1-14-15-28-65-43(60)37-20-26-40(27-21-37)70-50-58-48(55-38-22-16-35(17-23-38)29-41(44(61)66-31-51(2,3)4)45(62)67-32-52(5,6)7)57-49(59-50)56-39-24-18-36(19-25-39)30-42(46(63)68-33-53(8,9)10)47(64)69-34-54(11,12)13/h16-27,29-30H,14-15,28,31-34H2,1-13H3,(H2,55,56,57,58,59). The van der Waals surface area contributed by atoms with Crippen LogP contribution in [0.4, 0.5) is 23.3 Å². The van der Waals surface area contributed by atoms with Crippen molar-refractivity contribution in [2.75, 3.05) is 43.7 Å². The Morgan fingerprint density at radius 1 is 0.486 bits per heavy atom. The summed E-state index contributed by atoms with van der Waals surface area (Å²) in [5.41, 5.74) is 0.681. The number of esters is 5. The minimum absolute atomic E-state index is 0.0795. The van der Waals surface area contributed by atoms with Gasteiger partial charge in [0.25, 0.3) is 0 Å². The maximum atomic E-state index is 13.2. The predicted octanol–water partition coefficient (Wildman–Crippen LogP) is 11.2. The van der Waals surface area contributed by atoms with Crippen molar-refractivity contribution >= 4 is 65.3 Å². The first-order valence-electron chi connectivity index (χ1n) is 23.2. The van der Waals surface area contributed by atoms with Gasteiger partial charge in [0.15, 0.2) is 0 Å². The molecule has 4 aromatic rings. The molecule has 4 rings (SSSR count). The Bertz CT molecular complexity index is 2290. The first-order valence-corrected chi connectivity index (χ1v) is 23.2. The zero-order chi connectivity index (χ0) is 51.9. The van der Waals surface area contributed by atoms with E-state index in [1.807, 2.05) is 90.0 Å². The van der Waals surface area contributed by atoms with Crippen molar-refractivity contribution in [3.63, 3.8) is 0 Å². The van der Waals surface area contributed by atoms with E-state index in [-0.39, 0.29) is 77.1 Å². The second-order valence-electron chi connectivity index (χ2n) is 21.5. The van der Waals surface area contributed by atoms with E-state index in [1.54, 1.807) is 72.8 Å². The zero-order valence-corrected chi connectivity index (χ0v) is 42.9. The second-order valence-corrected chi connectivity index (χ2v) is 21.5. The van der Waals surface area contributed by atoms with E-state index in [1.165, 1.54) is 12.2 Å². The fourth-order valence-corrected chi connectivity index (χ4v) is 5.43. The van der Waals surface area contributed by atoms with Gasteiger partial charge in [-0.05, 0) is 99.9 Å². The van der Waals surface area contributed by atoms with Crippen molar-refractivity contribution in [1.29, 1.82) is 0 Å². The van der Waals surface area contributed by atoms with Crippen molar-refractivity contribution < 1.29 is 52.4 Å². The number of aromatic nitrogens is 3. The summed E-state index contributed by atoms with van der Waals surface area (Å²) in [5.74, 6) is -3.13. The van der Waals surface area contributed by atoms with Gasteiger partial charge in [-0.3, -0.25) is 0 Å². The number of nitrogens with zero attached hydrogens (tertiary/aromatic N) is 3. The molecule has 0 saturated carbocycles. The molecule has 0 radical (unpaired) electrons. The van der Waals surface area contributed by atoms with Gasteiger partial charge in [0.2, 0.25) is 11.9 Å². The molecule has 0 amide bonds. The van der Waals surface area contributed by atoms with Crippen LogP contribution in [0, 0.1) is 21.7 Å². The zero-order valence-electron chi connectivity index (χ0n) is 42.9. The first-order chi connectivity index (χ1) is 32.6. The largest absolute Gasteiger partial charge is 0.462 e. The van der Waals surface area contributed by atoms with Gasteiger partial charge in [0, 0.05) is 11.4 Å². The van der Waals surface area contributed by atoms with Crippen LogP contribution in [0.5, 0.6) is 11.8 Å². The monoisotopic (exact) mass is 963 g/mol. The third-order valence-corrected chi connectivity index (χ3v) is 9.03. The van der Waals surface area contributed by atoms with Gasteiger partial charge in [-0.25, -0.2) is 24.0 Å². The molecule has 376 valence electrons. The molecule has 3 aromatic carbocycles. The van der Waals surface area contributed by atoms with E-state index in [2.05, 4.69) is 25.6 Å². The van der Waals surface area contributed by atoms with Crippen molar-refractivity contribution in [3.8, 4) is 11.8 Å². The molecule has 0 bridgehead atoms. The lowest BCUT2D eigenvalue weighted by Gasteiger charge is -2.20. The van der Waals surface area contributed by atoms with E-state index in [0.717, 1.165) is 12.8 Å². The molecule has 0 saturated heterocycles. The number of nitrogens with one attached hydrogen (secondary N) is 2. The van der Waals surface area contributed by atoms with Crippen molar-refractivity contribution in [2.45, 2.75) is 103 Å². The molecule has 0 aliphatic heterocycles. The summed E-state index contributed by atoms with van der Waals surface area (Å²) in [7, 11) is 0. The molecule has 70 heavy (non-hydrogen) atoms. The molecule has 2 N–H and O–H groups in total. The molecule has 0 atom stereocenters. The quantitative estimate of drug-likeness (QED) is 0.0211. The van der Waals surface area contributed by atoms with E-state index in [9.17, 15) is 24.0 Å². The van der Waals surface area contributed by atoms with Crippen LogP contribution < -0.4 is 15.4 Å². The van der Waals surface area contributed by atoms with E-state index in [4.69, 9.17) is 28.4 Å². The van der Waals surface area contributed by atoms with Gasteiger partial charge in [-0.15, -0.1) is 0 Å². The van der Waals surface area contributed by atoms with Gasteiger partial charge < -0.3 is 39.1 Å². The number of carbonyl (C=O) groups excluding carboxylic acids is 5. The number of ether oxygens (including phenoxy) is 6. The van der Waals surface area contributed by atoms with Crippen LogP contribution in [0.25, 0.3) is 12.2 Å². The van der Waals surface area contributed by atoms with Crippen molar-refractivity contribution in [1.82, 2.24) is 15.0 Å². The van der Waals surface area contributed by atoms with Gasteiger partial charge in [-0.2, -0.15) is 15.0 Å². The summed E-state index contributed by atoms with van der Waals surface area (Å²) < 4.78 is 33.4. The Morgan fingerprint density at radius 2 is 0.843 bits per heavy atom. The number of anilines is 4. The first kappa shape index (κ1) is 55.5. The Balaban J connectivity index is 1.65. The third kappa shape index (κ3) is 20.2. The summed E-state index contributed by atoms with van der Waals surface area (Å²) in [6.45, 7) is 25.7. The van der Waals surface area contributed by atoms with E-state index < -0.39 is 29.8 Å². The van der Waals surface area contributed by atoms with Crippen LogP contribution >= 0.6 is 0 Å². The molecular formula is C54H69N5O11. The lowest BCUT2D eigenvalue weighted by molar-refractivity contribution is -0.151. The fourth-order valence-electron chi connectivity index (χ4n) is 5.43. The molecule has 1 aromatic heterocycles. The maximum absolute atomic E-state index is 13.2. The highest BCUT2D eigenvalue weighted by Gasteiger charge is 2.27. The summed E-state index contributed by atoms with van der Waals surface area (Å²) >= 11 is 0. The van der Waals surface area contributed by atoms with Gasteiger partial charge in [0.1, 0.15) is 16.9 Å². The van der Waals surface area contributed by atoms with Crippen LogP contribution in [-0.2, 0) is 42.9 Å². The number of unbranched alkanes of at least 4 members (excludes halogenated alkanes) is 1. The molecule has 16 nitrogen and oxygen atoms in total. The highest BCUT2D eigenvalue weighted by atomic mass is 16.6. The number of benzene rings is 3. The number of hydrogen-bond donors (Lipinski definition) is 2. The molecule has 0 aliphatic carbocycles. The minimum atomic E-state index is -0.793. The fraction of sp³-hybridized carbons (Fsp3) is 0.444. The predicted molar refractivity (Wildman–Crippen MR) is 269 cm³/mol. The summed E-state index contributed by atoms with van der Waals surface area (Å²) in [4.78, 5) is 78.9. The van der Waals surface area contributed by atoms with Crippen LogP contribution in [0.2, 0.25) is 0 Å². The summed E-state index contributed by atoms with van der Waals surface area (Å²) in [5, 5.41) is 6.31. The smallest absolute Gasteiger partial charge is 0.345 e. The average Bonchev–Trinajstić information content (AvgIpc) is 3.27. The Hall–Kier alpha value is -7.10. The maximum Gasteiger partial charge on any atom is 0.345 e. The number of hydrogen-bond acceptors (Lipinski definition) is 16. The SMILES string of the molecule is CCCCOC(=O)c1ccc(Oc2nc(Nc3ccc(C=C(C(=O)OCC(C)(C)C)C(=O)OCC(C)(C)C)cc3)nc(Nc3ccc(C=C(C(=O)OCC(C)(C)C)C(=O)OCC(C)(C)C)cc3)n2)cc1. The minimum Gasteiger partial charge on any atom is -0.462 e. The van der Waals surface area contributed by atoms with Crippen LogP contribution in [0.3, 0.4) is 0 Å².